The maximum atomic E-state index is 3.29. The minimum Gasteiger partial charge on any atom is -1.00 e. The predicted molar refractivity (Wildman–Crippen MR) is 89.1 cm³/mol. The van der Waals surface area contributed by atoms with E-state index in [-0.39, 0.29) is 34.8 Å². The summed E-state index contributed by atoms with van der Waals surface area (Å²) in [5.41, 5.74) is 6.91. The van der Waals surface area contributed by atoms with Crippen LogP contribution < -0.4 is 24.8 Å². The summed E-state index contributed by atoms with van der Waals surface area (Å²) in [6, 6.07) is 4.41. The average molecular weight is 479 g/mol. The Bertz CT molecular complexity index is 490. The van der Waals surface area contributed by atoms with Crippen molar-refractivity contribution in [2.24, 2.45) is 5.92 Å². The van der Waals surface area contributed by atoms with E-state index in [1.54, 1.807) is 21.6 Å². The molecule has 0 aliphatic heterocycles. The van der Waals surface area contributed by atoms with Crippen molar-refractivity contribution >= 4 is 9.98 Å². The van der Waals surface area contributed by atoms with Crippen LogP contribution in [0.2, 0.25) is 11.5 Å². The molecule has 0 nitrogen and oxygen atoms in total. The third kappa shape index (κ3) is 13.3. The predicted octanol–water partition coefficient (Wildman–Crippen LogP) is -0.545. The van der Waals surface area contributed by atoms with E-state index in [4.69, 9.17) is 0 Å². The second-order valence-corrected chi connectivity index (χ2v) is 22.8. The largest absolute Gasteiger partial charge is 1.00 e. The van der Waals surface area contributed by atoms with E-state index < -0.39 is 0 Å². The van der Waals surface area contributed by atoms with Gasteiger partial charge in [0.05, 0.1) is 0 Å². The minimum atomic E-state index is -0.243. The SMILES string of the molecule is CC1=[C-]C(C)C(C)=C1.Cc1cc(C)c(C)[cH-]1.[CH3][Ge]([CH3])=[Zr+2].[Cl-].[Cl-]. The monoisotopic (exact) mass is 478 g/mol. The maximum Gasteiger partial charge on any atom is -1.00 e. The number of hydrogen-bond acceptors (Lipinski definition) is 0. The Morgan fingerprint density at radius 1 is 1.09 bits per heavy atom. The quantitative estimate of drug-likeness (QED) is 0.347. The fourth-order valence-electron chi connectivity index (χ4n) is 1.92. The van der Waals surface area contributed by atoms with Gasteiger partial charge in [0.1, 0.15) is 0 Å². The van der Waals surface area contributed by atoms with Gasteiger partial charge in [-0.2, -0.15) is 28.3 Å². The summed E-state index contributed by atoms with van der Waals surface area (Å²) in [7, 11) is -0.243. The molecule has 1 unspecified atom stereocenters. The molecule has 0 aromatic heterocycles. The Labute approximate surface area is 166 Å². The molecule has 4 heteroatoms. The van der Waals surface area contributed by atoms with Crippen LogP contribution in [-0.2, 0) is 21.6 Å². The summed E-state index contributed by atoms with van der Waals surface area (Å²) in [6.07, 6.45) is 5.48. The van der Waals surface area contributed by atoms with Gasteiger partial charge in [-0.1, -0.05) is 47.5 Å². The van der Waals surface area contributed by atoms with E-state index >= 15 is 0 Å². The molecular formula is C18H28Cl2GeZr-2. The topological polar surface area (TPSA) is 0 Å². The summed E-state index contributed by atoms with van der Waals surface area (Å²) in [4.78, 5) is 0. The van der Waals surface area contributed by atoms with E-state index in [1.807, 2.05) is 0 Å². The van der Waals surface area contributed by atoms with Gasteiger partial charge in [0.25, 0.3) is 0 Å². The van der Waals surface area contributed by atoms with Gasteiger partial charge in [0.2, 0.25) is 0 Å². The molecule has 0 fully saturated rings. The van der Waals surface area contributed by atoms with Gasteiger partial charge in [-0.15, -0.1) is 0 Å². The first-order chi connectivity index (χ1) is 9.13. The van der Waals surface area contributed by atoms with Crippen LogP contribution in [0.5, 0.6) is 0 Å². The van der Waals surface area contributed by atoms with E-state index in [2.05, 4.69) is 77.3 Å². The van der Waals surface area contributed by atoms with Gasteiger partial charge in [0, 0.05) is 0 Å². The van der Waals surface area contributed by atoms with Crippen molar-refractivity contribution in [3.05, 3.63) is 52.1 Å². The van der Waals surface area contributed by atoms with Crippen molar-refractivity contribution in [2.45, 2.75) is 53.1 Å². The second kappa shape index (κ2) is 14.2. The van der Waals surface area contributed by atoms with E-state index in [1.165, 1.54) is 27.8 Å². The van der Waals surface area contributed by atoms with Crippen LogP contribution in [0.1, 0.15) is 37.5 Å². The molecule has 0 heterocycles. The molecule has 0 N–H and O–H groups in total. The zero-order valence-corrected chi connectivity index (χ0v) is 21.1. The van der Waals surface area contributed by atoms with Crippen LogP contribution in [-0.4, -0.2) is 9.98 Å². The smallest absolute Gasteiger partial charge is 1.00 e. The van der Waals surface area contributed by atoms with Crippen molar-refractivity contribution in [2.75, 3.05) is 0 Å². The molecule has 2 rings (SSSR count). The third-order valence-electron chi connectivity index (χ3n) is 3.08. The number of hydrogen-bond donors (Lipinski definition) is 0. The molecule has 1 aromatic rings. The number of halogens is 2. The van der Waals surface area contributed by atoms with E-state index in [0.29, 0.717) is 5.92 Å². The van der Waals surface area contributed by atoms with Gasteiger partial charge >= 0.3 is 43.1 Å². The van der Waals surface area contributed by atoms with E-state index in [0.717, 1.165) is 0 Å². The molecule has 0 saturated heterocycles. The van der Waals surface area contributed by atoms with Gasteiger partial charge in [-0.05, 0) is 0 Å². The van der Waals surface area contributed by atoms with Crippen molar-refractivity contribution < 1.29 is 46.4 Å². The van der Waals surface area contributed by atoms with Gasteiger partial charge in [-0.3, -0.25) is 6.08 Å². The van der Waals surface area contributed by atoms with E-state index in [9.17, 15) is 0 Å². The minimum absolute atomic E-state index is 0. The first kappa shape index (κ1) is 27.7. The Hall–Kier alpha value is 0.836. The summed E-state index contributed by atoms with van der Waals surface area (Å²) < 4.78 is 0. The Morgan fingerprint density at radius 3 is 1.64 bits per heavy atom. The number of allylic oxidation sites excluding steroid dienone is 4. The summed E-state index contributed by atoms with van der Waals surface area (Å²) in [5, 5.41) is 0. The van der Waals surface area contributed by atoms with Gasteiger partial charge in [-0.25, -0.2) is 17.7 Å². The fourth-order valence-corrected chi connectivity index (χ4v) is 1.92. The molecule has 1 atom stereocenters. The summed E-state index contributed by atoms with van der Waals surface area (Å²) in [5.74, 6) is 5.31. The van der Waals surface area contributed by atoms with Gasteiger partial charge < -0.3 is 24.8 Å². The van der Waals surface area contributed by atoms with Crippen LogP contribution in [0, 0.1) is 32.8 Å². The van der Waals surface area contributed by atoms with Crippen molar-refractivity contribution in [3.63, 3.8) is 0 Å². The van der Waals surface area contributed by atoms with Crippen LogP contribution in [0.15, 0.2) is 29.4 Å². The molecule has 1 aliphatic rings. The standard InChI is InChI=1S/2C8H11.C2H6Ge.2ClH.Zr/c2*1-6-4-7(2)8(3)5-6;1-3-2;;;/h4,8H,1-3H3;4-5H,1-3H3;1-2H3;2*1H;/q2*-1;;;;+2/p-2. The number of aryl methyl sites for hydroxylation is 3. The van der Waals surface area contributed by atoms with Crippen LogP contribution in [0.25, 0.3) is 0 Å². The first-order valence-electron chi connectivity index (χ1n) is 7.14. The van der Waals surface area contributed by atoms with Crippen molar-refractivity contribution in [3.8, 4) is 0 Å². The molecule has 1 aromatic carbocycles. The number of rotatable bonds is 0. The molecule has 0 amide bonds. The molecular weight excluding hydrogens is 451 g/mol. The van der Waals surface area contributed by atoms with Gasteiger partial charge in [0.15, 0.2) is 0 Å². The Kier molecular flexibility index (Phi) is 17.9. The zero-order chi connectivity index (χ0) is 15.9. The van der Waals surface area contributed by atoms with Crippen molar-refractivity contribution in [1.29, 1.82) is 0 Å². The Balaban J connectivity index is -0.000000249. The van der Waals surface area contributed by atoms with Crippen molar-refractivity contribution in [1.82, 2.24) is 0 Å². The fraction of sp³-hybridized carbons (Fsp3) is 0.500. The molecule has 124 valence electrons. The molecule has 0 radical (unpaired) electrons. The normalized spacial score (nSPS) is 14.9. The molecule has 22 heavy (non-hydrogen) atoms. The molecule has 0 spiro atoms. The van der Waals surface area contributed by atoms with Crippen LogP contribution >= 0.6 is 0 Å². The summed E-state index contributed by atoms with van der Waals surface area (Å²) in [6.45, 7) is 12.8. The second-order valence-electron chi connectivity index (χ2n) is 5.84. The Morgan fingerprint density at radius 2 is 1.55 bits per heavy atom. The summed E-state index contributed by atoms with van der Waals surface area (Å²) >= 11 is 1.80. The van der Waals surface area contributed by atoms with Crippen LogP contribution in [0.3, 0.4) is 0 Å². The first-order valence-corrected chi connectivity index (χ1v) is 18.8. The molecule has 0 bridgehead atoms. The zero-order valence-electron chi connectivity index (χ0n) is 15.1. The third-order valence-corrected chi connectivity index (χ3v) is 3.08. The molecule has 1 aliphatic carbocycles. The van der Waals surface area contributed by atoms with Crippen LogP contribution in [0.4, 0.5) is 0 Å². The molecule has 0 saturated carbocycles. The average Bonchev–Trinajstić information content (AvgIpc) is 2.70. The maximum absolute atomic E-state index is 3.29.